The van der Waals surface area contributed by atoms with E-state index in [0.29, 0.717) is 31.4 Å². The van der Waals surface area contributed by atoms with Gasteiger partial charge in [-0.15, -0.1) is 0 Å². The quantitative estimate of drug-likeness (QED) is 0.297. The molecule has 0 saturated heterocycles. The topological polar surface area (TPSA) is 149 Å². The van der Waals surface area contributed by atoms with Gasteiger partial charge in [-0.05, 0) is 35.4 Å². The van der Waals surface area contributed by atoms with Gasteiger partial charge in [0.05, 0.1) is 24.8 Å². The van der Waals surface area contributed by atoms with Gasteiger partial charge in [0.1, 0.15) is 23.8 Å². The molecule has 4 atom stereocenters. The minimum atomic E-state index is -0.843. The zero-order valence-corrected chi connectivity index (χ0v) is 23.2. The highest BCUT2D eigenvalue weighted by Crippen LogP contribution is 2.39. The lowest BCUT2D eigenvalue weighted by molar-refractivity contribution is -0.133. The maximum absolute atomic E-state index is 14.0. The van der Waals surface area contributed by atoms with Crippen LogP contribution in [0.1, 0.15) is 49.1 Å². The predicted octanol–water partition coefficient (Wildman–Crippen LogP) is 1.58. The number of aromatic amines is 1. The van der Waals surface area contributed by atoms with E-state index in [9.17, 15) is 19.2 Å². The molecule has 0 radical (unpaired) electrons. The highest BCUT2D eigenvalue weighted by atomic mass is 16.2. The van der Waals surface area contributed by atoms with Gasteiger partial charge in [-0.1, -0.05) is 68.8 Å². The molecule has 2 aromatic carbocycles. The summed E-state index contributed by atoms with van der Waals surface area (Å²) < 4.78 is 0. The van der Waals surface area contributed by atoms with Crippen LogP contribution in [0.25, 0.3) is 0 Å². The van der Waals surface area contributed by atoms with Crippen LogP contribution in [0.2, 0.25) is 0 Å². The van der Waals surface area contributed by atoms with E-state index in [1.54, 1.807) is 4.90 Å². The summed E-state index contributed by atoms with van der Waals surface area (Å²) in [5.74, 6) is -1.45. The summed E-state index contributed by atoms with van der Waals surface area (Å²) in [4.78, 5) is 55.3. The minimum absolute atomic E-state index is 0.152. The third-order valence-corrected chi connectivity index (χ3v) is 7.95. The molecule has 1 unspecified atom stereocenters. The van der Waals surface area contributed by atoms with Crippen LogP contribution in [0, 0.1) is 5.92 Å². The molecule has 0 saturated carbocycles. The Labute approximate surface area is 238 Å². The molecule has 2 aliphatic rings. The maximum Gasteiger partial charge on any atom is 0.250 e. The average molecular weight is 558 g/mol. The van der Waals surface area contributed by atoms with Crippen molar-refractivity contribution in [1.29, 1.82) is 0 Å². The van der Waals surface area contributed by atoms with Crippen molar-refractivity contribution >= 4 is 29.3 Å². The molecule has 214 valence electrons. The second-order valence-corrected chi connectivity index (χ2v) is 10.7. The lowest BCUT2D eigenvalue weighted by Gasteiger charge is -2.30. The number of para-hydroxylation sites is 1. The van der Waals surface area contributed by atoms with Crippen molar-refractivity contribution in [2.24, 2.45) is 5.92 Å². The Morgan fingerprint density at radius 3 is 2.61 bits per heavy atom. The van der Waals surface area contributed by atoms with Crippen LogP contribution in [0.5, 0.6) is 0 Å². The van der Waals surface area contributed by atoms with E-state index in [4.69, 9.17) is 0 Å². The second-order valence-electron chi connectivity index (χ2n) is 10.7. The minimum Gasteiger partial charge on any atom is -0.348 e. The normalized spacial score (nSPS) is 19.1. The molecule has 11 nitrogen and oxygen atoms in total. The molecule has 4 N–H and O–H groups in total. The van der Waals surface area contributed by atoms with Crippen LogP contribution < -0.4 is 20.9 Å². The first kappa shape index (κ1) is 28.0. The van der Waals surface area contributed by atoms with Gasteiger partial charge in [-0.2, -0.15) is 15.4 Å². The first-order valence-electron chi connectivity index (χ1n) is 14.1. The number of hydrogen-bond donors (Lipinski definition) is 4. The van der Waals surface area contributed by atoms with E-state index in [2.05, 4.69) is 31.4 Å². The van der Waals surface area contributed by atoms with Crippen LogP contribution >= 0.6 is 0 Å². The third-order valence-electron chi connectivity index (χ3n) is 7.95. The summed E-state index contributed by atoms with van der Waals surface area (Å²) in [5, 5.41) is 18.9. The number of anilines is 1. The van der Waals surface area contributed by atoms with Gasteiger partial charge in [0.15, 0.2) is 0 Å². The molecule has 0 bridgehead atoms. The average Bonchev–Trinajstić information content (AvgIpc) is 3.62. The number of benzene rings is 2. The number of nitrogens with zero attached hydrogens (tertiary/aromatic N) is 3. The monoisotopic (exact) mass is 557 g/mol. The highest BCUT2D eigenvalue weighted by molar-refractivity contribution is 6.08. The lowest BCUT2D eigenvalue weighted by atomic mass is 9.96. The Balaban J connectivity index is 1.32. The Hall–Kier alpha value is -4.54. The molecule has 5 rings (SSSR count). The fourth-order valence-corrected chi connectivity index (χ4v) is 5.55. The first-order chi connectivity index (χ1) is 19.9. The van der Waals surface area contributed by atoms with Crippen molar-refractivity contribution in [3.63, 3.8) is 0 Å². The summed E-state index contributed by atoms with van der Waals surface area (Å²) in [6.07, 6.45) is 3.67. The van der Waals surface area contributed by atoms with Crippen molar-refractivity contribution in [2.75, 3.05) is 4.90 Å². The molecule has 3 heterocycles. The number of H-pyrrole nitrogens is 1. The molecule has 11 heteroatoms. The Bertz CT molecular complexity index is 1410. The molecule has 2 aliphatic heterocycles. The van der Waals surface area contributed by atoms with Crippen molar-refractivity contribution in [2.45, 2.75) is 70.6 Å². The summed E-state index contributed by atoms with van der Waals surface area (Å²) >= 11 is 0. The number of aromatic nitrogens is 3. The number of rotatable bonds is 10. The maximum atomic E-state index is 14.0. The molecular formula is C30H35N7O4. The third kappa shape index (κ3) is 6.13. The van der Waals surface area contributed by atoms with Crippen molar-refractivity contribution in [3.8, 4) is 0 Å². The molecule has 0 aliphatic carbocycles. The summed E-state index contributed by atoms with van der Waals surface area (Å²) in [7, 11) is 0. The van der Waals surface area contributed by atoms with Crippen molar-refractivity contribution in [1.82, 2.24) is 31.4 Å². The summed E-state index contributed by atoms with van der Waals surface area (Å²) in [6.45, 7) is 4.03. The predicted molar refractivity (Wildman–Crippen MR) is 151 cm³/mol. The molecule has 41 heavy (non-hydrogen) atoms. The summed E-state index contributed by atoms with van der Waals surface area (Å²) in [6, 6.07) is 12.8. The van der Waals surface area contributed by atoms with Gasteiger partial charge in [-0.3, -0.25) is 24.1 Å². The van der Waals surface area contributed by atoms with Gasteiger partial charge in [0.2, 0.25) is 23.6 Å². The smallest absolute Gasteiger partial charge is 0.250 e. The van der Waals surface area contributed by atoms with E-state index in [-0.39, 0.29) is 36.6 Å². The molecule has 1 aromatic heterocycles. The largest absolute Gasteiger partial charge is 0.348 e. The SMILES string of the molecule is CCC(C)[C@H](NC(=O)Cc1ccccc1)C(=O)N[C@H]1CCc2cccc3c2N(C1=O)[C@H](C(=O)NCc1cn[nH]n1)C3. The molecule has 0 fully saturated rings. The molecular weight excluding hydrogens is 522 g/mol. The number of hydrogen-bond acceptors (Lipinski definition) is 6. The van der Waals surface area contributed by atoms with Crippen LogP contribution in [-0.2, 0) is 45.0 Å². The Kier molecular flexibility index (Phi) is 8.42. The van der Waals surface area contributed by atoms with Crippen LogP contribution in [0.3, 0.4) is 0 Å². The van der Waals surface area contributed by atoms with Crippen LogP contribution in [0.4, 0.5) is 5.69 Å². The van der Waals surface area contributed by atoms with Crippen LogP contribution in [0.15, 0.2) is 54.7 Å². The van der Waals surface area contributed by atoms with E-state index in [1.807, 2.05) is 62.4 Å². The van der Waals surface area contributed by atoms with Gasteiger partial charge < -0.3 is 16.0 Å². The zero-order valence-electron chi connectivity index (χ0n) is 23.2. The number of amides is 4. The molecule has 4 amide bonds. The van der Waals surface area contributed by atoms with E-state index < -0.39 is 24.0 Å². The number of nitrogens with one attached hydrogen (secondary N) is 4. The molecule has 0 spiro atoms. The number of carbonyl (C=O) groups is 4. The lowest BCUT2D eigenvalue weighted by Crippen LogP contribution is -2.58. The van der Waals surface area contributed by atoms with E-state index >= 15 is 0 Å². The fourth-order valence-electron chi connectivity index (χ4n) is 5.55. The van der Waals surface area contributed by atoms with Gasteiger partial charge >= 0.3 is 0 Å². The molecule has 3 aromatic rings. The Morgan fingerprint density at radius 2 is 1.88 bits per heavy atom. The van der Waals surface area contributed by atoms with Gasteiger partial charge in [-0.25, -0.2) is 0 Å². The fraction of sp³-hybridized carbons (Fsp3) is 0.400. The Morgan fingerprint density at radius 1 is 1.10 bits per heavy atom. The zero-order chi connectivity index (χ0) is 28.9. The van der Waals surface area contributed by atoms with E-state index in [1.165, 1.54) is 6.20 Å². The number of carbonyl (C=O) groups excluding carboxylic acids is 4. The number of aryl methyl sites for hydroxylation is 1. The van der Waals surface area contributed by atoms with Gasteiger partial charge in [0.25, 0.3) is 0 Å². The van der Waals surface area contributed by atoms with E-state index in [0.717, 1.165) is 22.4 Å². The first-order valence-corrected chi connectivity index (χ1v) is 14.1. The van der Waals surface area contributed by atoms with Crippen molar-refractivity contribution < 1.29 is 19.2 Å². The highest BCUT2D eigenvalue weighted by Gasteiger charge is 2.44. The van der Waals surface area contributed by atoms with Crippen LogP contribution in [-0.4, -0.2) is 57.2 Å². The van der Waals surface area contributed by atoms with Crippen molar-refractivity contribution in [3.05, 3.63) is 77.1 Å². The summed E-state index contributed by atoms with van der Waals surface area (Å²) in [5.41, 5.74) is 4.07. The van der Waals surface area contributed by atoms with Gasteiger partial charge in [0, 0.05) is 6.42 Å². The standard InChI is InChI=1S/C30H35N7O4/c1-3-18(2)26(34-25(38)14-19-8-5-4-6-9-19)29(40)33-23-13-12-20-10-7-11-21-15-24(37(27(20)21)30(23)41)28(39)31-16-22-17-32-36-35-22/h4-11,17-18,23-24,26H,3,12-16H2,1-2H3,(H,31,39)(H,33,40)(H,34,38)(H,32,35,36)/t18?,23-,24-,26-/m0/s1. The second kappa shape index (κ2) is 12.3.